The summed E-state index contributed by atoms with van der Waals surface area (Å²) in [5.41, 5.74) is 5.95. The van der Waals surface area contributed by atoms with Crippen molar-refractivity contribution in [3.8, 4) is 0 Å². The van der Waals surface area contributed by atoms with E-state index in [1.807, 2.05) is 4.90 Å². The molecule has 0 aliphatic carbocycles. The molecule has 2 aliphatic rings. The van der Waals surface area contributed by atoms with Crippen molar-refractivity contribution in [2.45, 2.75) is 50.9 Å². The Morgan fingerprint density at radius 2 is 2.11 bits per heavy atom. The molecule has 19 heavy (non-hydrogen) atoms. The Balaban J connectivity index is 0.00000180. The molecule has 2 fully saturated rings. The SMILES string of the molecule is CCCCC(N)C(=O)N1CCCC2(C1)OCCO2.Cl. The van der Waals surface area contributed by atoms with Crippen molar-refractivity contribution in [2.75, 3.05) is 26.3 Å². The first-order chi connectivity index (χ1) is 8.67. The first kappa shape index (κ1) is 16.7. The predicted molar refractivity (Wildman–Crippen MR) is 75.2 cm³/mol. The van der Waals surface area contributed by atoms with Crippen molar-refractivity contribution >= 4 is 18.3 Å². The second-order valence-corrected chi connectivity index (χ2v) is 5.22. The van der Waals surface area contributed by atoms with Gasteiger partial charge >= 0.3 is 0 Å². The third-order valence-electron chi connectivity index (χ3n) is 3.73. The summed E-state index contributed by atoms with van der Waals surface area (Å²) in [6.45, 7) is 4.67. The molecular weight excluding hydrogens is 268 g/mol. The molecule has 112 valence electrons. The van der Waals surface area contributed by atoms with Crippen molar-refractivity contribution in [1.82, 2.24) is 4.90 Å². The van der Waals surface area contributed by atoms with Crippen LogP contribution in [0.1, 0.15) is 39.0 Å². The maximum Gasteiger partial charge on any atom is 0.239 e. The summed E-state index contributed by atoms with van der Waals surface area (Å²) in [5.74, 6) is -0.500. The topological polar surface area (TPSA) is 64.8 Å². The maximum absolute atomic E-state index is 12.2. The van der Waals surface area contributed by atoms with Crippen molar-refractivity contribution in [3.63, 3.8) is 0 Å². The minimum Gasteiger partial charge on any atom is -0.346 e. The summed E-state index contributed by atoms with van der Waals surface area (Å²) >= 11 is 0. The largest absolute Gasteiger partial charge is 0.346 e. The van der Waals surface area contributed by atoms with E-state index >= 15 is 0 Å². The Bertz CT molecular complexity index is 296. The van der Waals surface area contributed by atoms with Gasteiger partial charge in [0, 0.05) is 13.0 Å². The molecule has 5 nitrogen and oxygen atoms in total. The van der Waals surface area contributed by atoms with E-state index in [9.17, 15) is 4.79 Å². The third kappa shape index (κ3) is 4.05. The van der Waals surface area contributed by atoms with Gasteiger partial charge in [0.15, 0.2) is 5.79 Å². The number of halogens is 1. The minimum atomic E-state index is -0.543. The highest BCUT2D eigenvalue weighted by Gasteiger charge is 2.42. The van der Waals surface area contributed by atoms with Crippen LogP contribution in [0, 0.1) is 0 Å². The van der Waals surface area contributed by atoms with Crippen LogP contribution < -0.4 is 5.73 Å². The number of carbonyl (C=O) groups is 1. The van der Waals surface area contributed by atoms with Crippen LogP contribution in [0.15, 0.2) is 0 Å². The van der Waals surface area contributed by atoms with Crippen LogP contribution in [-0.2, 0) is 14.3 Å². The van der Waals surface area contributed by atoms with Crippen molar-refractivity contribution in [2.24, 2.45) is 5.73 Å². The van der Waals surface area contributed by atoms with Crippen molar-refractivity contribution in [1.29, 1.82) is 0 Å². The molecule has 6 heteroatoms. The average molecular weight is 293 g/mol. The number of nitrogens with zero attached hydrogens (tertiary/aromatic N) is 1. The Hall–Kier alpha value is -0.360. The quantitative estimate of drug-likeness (QED) is 0.848. The van der Waals surface area contributed by atoms with E-state index in [1.54, 1.807) is 0 Å². The Labute approximate surface area is 121 Å². The molecule has 2 rings (SSSR count). The summed E-state index contributed by atoms with van der Waals surface area (Å²) in [7, 11) is 0. The molecule has 0 aromatic carbocycles. The first-order valence-corrected chi connectivity index (χ1v) is 6.99. The fourth-order valence-electron chi connectivity index (χ4n) is 2.69. The van der Waals surface area contributed by atoms with E-state index in [4.69, 9.17) is 15.2 Å². The highest BCUT2D eigenvalue weighted by atomic mass is 35.5. The highest BCUT2D eigenvalue weighted by Crippen LogP contribution is 2.30. The minimum absolute atomic E-state index is 0. The van der Waals surface area contributed by atoms with Crippen molar-refractivity contribution in [3.05, 3.63) is 0 Å². The number of ether oxygens (including phenoxy) is 2. The Morgan fingerprint density at radius 1 is 1.42 bits per heavy atom. The van der Waals surface area contributed by atoms with Gasteiger partial charge in [-0.1, -0.05) is 19.8 Å². The van der Waals surface area contributed by atoms with Gasteiger partial charge in [-0.05, 0) is 12.8 Å². The van der Waals surface area contributed by atoms with Crippen LogP contribution in [0.2, 0.25) is 0 Å². The number of piperidine rings is 1. The molecule has 0 aromatic heterocycles. The number of hydrogen-bond acceptors (Lipinski definition) is 4. The lowest BCUT2D eigenvalue weighted by Crippen LogP contribution is -2.54. The van der Waals surface area contributed by atoms with E-state index in [-0.39, 0.29) is 24.4 Å². The molecule has 2 N–H and O–H groups in total. The van der Waals surface area contributed by atoms with Gasteiger partial charge in [0.1, 0.15) is 0 Å². The van der Waals surface area contributed by atoms with E-state index in [1.165, 1.54) is 0 Å². The van der Waals surface area contributed by atoms with E-state index in [0.29, 0.717) is 19.8 Å². The molecule has 0 aromatic rings. The van der Waals surface area contributed by atoms with Crippen LogP contribution in [-0.4, -0.2) is 48.9 Å². The zero-order valence-electron chi connectivity index (χ0n) is 11.6. The molecule has 1 atom stereocenters. The Morgan fingerprint density at radius 3 is 2.74 bits per heavy atom. The van der Waals surface area contributed by atoms with E-state index < -0.39 is 5.79 Å². The number of amides is 1. The second kappa shape index (κ2) is 7.43. The zero-order valence-corrected chi connectivity index (χ0v) is 12.4. The smallest absolute Gasteiger partial charge is 0.239 e. The van der Waals surface area contributed by atoms with Gasteiger partial charge in [-0.3, -0.25) is 4.79 Å². The van der Waals surface area contributed by atoms with Crippen LogP contribution >= 0.6 is 12.4 Å². The molecule has 1 unspecified atom stereocenters. The van der Waals surface area contributed by atoms with Gasteiger partial charge in [-0.2, -0.15) is 0 Å². The zero-order chi connectivity index (χ0) is 13.0. The lowest BCUT2D eigenvalue weighted by Gasteiger charge is -2.39. The summed E-state index contributed by atoms with van der Waals surface area (Å²) < 4.78 is 11.3. The molecular formula is C13H25ClN2O3. The Kier molecular flexibility index (Phi) is 6.53. The molecule has 2 saturated heterocycles. The fraction of sp³-hybridized carbons (Fsp3) is 0.923. The number of rotatable bonds is 4. The van der Waals surface area contributed by atoms with Crippen molar-refractivity contribution < 1.29 is 14.3 Å². The molecule has 0 bridgehead atoms. The van der Waals surface area contributed by atoms with Crippen LogP contribution in [0.25, 0.3) is 0 Å². The molecule has 0 saturated carbocycles. The van der Waals surface area contributed by atoms with Crippen LogP contribution in [0.5, 0.6) is 0 Å². The van der Waals surface area contributed by atoms with Gasteiger partial charge < -0.3 is 20.1 Å². The maximum atomic E-state index is 12.2. The number of carbonyl (C=O) groups excluding carboxylic acids is 1. The van der Waals surface area contributed by atoms with Crippen LogP contribution in [0.4, 0.5) is 0 Å². The lowest BCUT2D eigenvalue weighted by molar-refractivity contribution is -0.193. The van der Waals surface area contributed by atoms with Gasteiger partial charge in [0.05, 0.1) is 25.8 Å². The lowest BCUT2D eigenvalue weighted by atomic mass is 10.0. The van der Waals surface area contributed by atoms with E-state index in [0.717, 1.165) is 38.6 Å². The summed E-state index contributed by atoms with van der Waals surface area (Å²) in [5, 5.41) is 0. The number of hydrogen-bond donors (Lipinski definition) is 1. The van der Waals surface area contributed by atoms with Crippen LogP contribution in [0.3, 0.4) is 0 Å². The molecule has 1 amide bonds. The predicted octanol–water partition coefficient (Wildman–Crippen LogP) is 1.29. The third-order valence-corrected chi connectivity index (χ3v) is 3.73. The molecule has 2 heterocycles. The fourth-order valence-corrected chi connectivity index (χ4v) is 2.69. The van der Waals surface area contributed by atoms with E-state index in [2.05, 4.69) is 6.92 Å². The first-order valence-electron chi connectivity index (χ1n) is 6.99. The standard InChI is InChI=1S/C13H24N2O3.ClH/c1-2-3-5-11(14)12(16)15-7-4-6-13(10-15)17-8-9-18-13;/h11H,2-10,14H2,1H3;1H. The van der Waals surface area contributed by atoms with Gasteiger partial charge in [-0.15, -0.1) is 12.4 Å². The molecule has 2 aliphatic heterocycles. The average Bonchev–Trinajstić information content (AvgIpc) is 2.83. The number of nitrogens with two attached hydrogens (primary N) is 1. The molecule has 1 spiro atoms. The second-order valence-electron chi connectivity index (χ2n) is 5.22. The number of likely N-dealkylation sites (tertiary alicyclic amines) is 1. The van der Waals surface area contributed by atoms with Gasteiger partial charge in [-0.25, -0.2) is 0 Å². The summed E-state index contributed by atoms with van der Waals surface area (Å²) in [4.78, 5) is 14.0. The molecule has 0 radical (unpaired) electrons. The normalized spacial score (nSPS) is 23.2. The summed E-state index contributed by atoms with van der Waals surface area (Å²) in [6.07, 6.45) is 4.63. The number of unbranched alkanes of at least 4 members (excludes halogenated alkanes) is 1. The van der Waals surface area contributed by atoms with Gasteiger partial charge in [0.2, 0.25) is 5.91 Å². The summed E-state index contributed by atoms with van der Waals surface area (Å²) in [6, 6.07) is -0.374. The highest BCUT2D eigenvalue weighted by molar-refractivity contribution is 5.85. The monoisotopic (exact) mass is 292 g/mol. The van der Waals surface area contributed by atoms with Gasteiger partial charge in [0.25, 0.3) is 0 Å².